The number of carbonyl (C=O) groups is 1. The summed E-state index contributed by atoms with van der Waals surface area (Å²) < 4.78 is 0. The molecule has 80 valence electrons. The lowest BCUT2D eigenvalue weighted by Gasteiger charge is -2.13. The predicted molar refractivity (Wildman–Crippen MR) is 55.6 cm³/mol. The Morgan fingerprint density at radius 2 is 2.40 bits per heavy atom. The number of carboxylic acids is 1. The van der Waals surface area contributed by atoms with E-state index in [0.717, 1.165) is 12.1 Å². The van der Waals surface area contributed by atoms with Gasteiger partial charge in [-0.05, 0) is 18.7 Å². The second-order valence-electron chi connectivity index (χ2n) is 4.06. The Labute approximate surface area is 88.6 Å². The number of likely N-dealkylation sites (tertiary alicyclic amines) is 1. The van der Waals surface area contributed by atoms with Crippen molar-refractivity contribution >= 4 is 5.97 Å². The Balaban J connectivity index is 2.24. The van der Waals surface area contributed by atoms with E-state index in [2.05, 4.69) is 9.88 Å². The maximum atomic E-state index is 11.1. The molecule has 1 aliphatic rings. The third-order valence-electron chi connectivity index (χ3n) is 2.93. The molecule has 15 heavy (non-hydrogen) atoms. The zero-order chi connectivity index (χ0) is 10.8. The molecular formula is C11H14N2O2. The number of aromatic nitrogens is 1. The van der Waals surface area contributed by atoms with Crippen molar-refractivity contribution in [1.29, 1.82) is 0 Å². The molecule has 4 heteroatoms. The zero-order valence-electron chi connectivity index (χ0n) is 8.63. The van der Waals surface area contributed by atoms with E-state index < -0.39 is 5.97 Å². The van der Waals surface area contributed by atoms with Crippen LogP contribution in [-0.4, -0.2) is 41.1 Å². The fourth-order valence-corrected chi connectivity index (χ4v) is 2.18. The lowest BCUT2D eigenvalue weighted by molar-refractivity contribution is -0.141. The second kappa shape index (κ2) is 3.98. The first kappa shape index (κ1) is 10.1. The topological polar surface area (TPSA) is 53.4 Å². The second-order valence-corrected chi connectivity index (χ2v) is 4.06. The van der Waals surface area contributed by atoms with E-state index in [9.17, 15) is 4.79 Å². The van der Waals surface area contributed by atoms with E-state index >= 15 is 0 Å². The average Bonchev–Trinajstić information content (AvgIpc) is 2.62. The number of rotatable bonds is 2. The summed E-state index contributed by atoms with van der Waals surface area (Å²) in [5, 5.41) is 9.12. The van der Waals surface area contributed by atoms with Crippen LogP contribution in [0, 0.1) is 5.92 Å². The van der Waals surface area contributed by atoms with Gasteiger partial charge in [-0.3, -0.25) is 9.78 Å². The highest BCUT2D eigenvalue weighted by Gasteiger charge is 2.36. The maximum absolute atomic E-state index is 11.1. The number of carboxylic acid groups (broad SMARTS) is 1. The van der Waals surface area contributed by atoms with Gasteiger partial charge in [0.25, 0.3) is 0 Å². The van der Waals surface area contributed by atoms with Crippen LogP contribution < -0.4 is 0 Å². The summed E-state index contributed by atoms with van der Waals surface area (Å²) in [6, 6.07) is 3.80. The molecule has 1 fully saturated rings. The minimum Gasteiger partial charge on any atom is -0.481 e. The van der Waals surface area contributed by atoms with Gasteiger partial charge in [-0.25, -0.2) is 0 Å². The summed E-state index contributed by atoms with van der Waals surface area (Å²) in [7, 11) is 1.95. The normalized spacial score (nSPS) is 26.7. The molecule has 4 nitrogen and oxygen atoms in total. The van der Waals surface area contributed by atoms with Gasteiger partial charge in [0.2, 0.25) is 0 Å². The number of hydrogen-bond donors (Lipinski definition) is 1. The summed E-state index contributed by atoms with van der Waals surface area (Å²) in [5.74, 6) is -0.950. The van der Waals surface area contributed by atoms with Crippen molar-refractivity contribution in [3.8, 4) is 0 Å². The first-order valence-corrected chi connectivity index (χ1v) is 4.99. The highest BCUT2D eigenvalue weighted by Crippen LogP contribution is 2.31. The van der Waals surface area contributed by atoms with Crippen LogP contribution in [0.25, 0.3) is 0 Å². The van der Waals surface area contributed by atoms with Gasteiger partial charge in [-0.1, -0.05) is 6.07 Å². The molecule has 0 radical (unpaired) electrons. The van der Waals surface area contributed by atoms with Crippen LogP contribution in [0.4, 0.5) is 0 Å². The molecular weight excluding hydrogens is 192 g/mol. The van der Waals surface area contributed by atoms with E-state index in [1.807, 2.05) is 19.2 Å². The number of pyridine rings is 1. The monoisotopic (exact) mass is 206 g/mol. The standard InChI is InChI=1S/C11H14N2O2/c1-13-6-9(10(7-13)11(14)15)8-3-2-4-12-5-8/h2-5,9-10H,6-7H2,1H3,(H,14,15)/t9-,10+/m1/s1. The quantitative estimate of drug-likeness (QED) is 0.778. The van der Waals surface area contributed by atoms with Crippen LogP contribution in [0.1, 0.15) is 11.5 Å². The summed E-state index contributed by atoms with van der Waals surface area (Å²) in [6.07, 6.45) is 3.47. The molecule has 2 rings (SSSR count). The smallest absolute Gasteiger partial charge is 0.308 e. The molecule has 1 aromatic heterocycles. The third-order valence-corrected chi connectivity index (χ3v) is 2.93. The third kappa shape index (κ3) is 1.99. The van der Waals surface area contributed by atoms with Crippen molar-refractivity contribution in [3.05, 3.63) is 30.1 Å². The van der Waals surface area contributed by atoms with E-state index in [0.29, 0.717) is 6.54 Å². The van der Waals surface area contributed by atoms with E-state index in [1.54, 1.807) is 12.4 Å². The maximum Gasteiger partial charge on any atom is 0.308 e. The van der Waals surface area contributed by atoms with Crippen molar-refractivity contribution in [1.82, 2.24) is 9.88 Å². The Morgan fingerprint density at radius 1 is 1.60 bits per heavy atom. The molecule has 0 spiro atoms. The Bertz CT molecular complexity index is 353. The van der Waals surface area contributed by atoms with Crippen molar-refractivity contribution in [2.24, 2.45) is 5.92 Å². The number of hydrogen-bond acceptors (Lipinski definition) is 3. The van der Waals surface area contributed by atoms with E-state index in [1.165, 1.54) is 0 Å². The zero-order valence-corrected chi connectivity index (χ0v) is 8.63. The fourth-order valence-electron chi connectivity index (χ4n) is 2.18. The molecule has 1 saturated heterocycles. The largest absolute Gasteiger partial charge is 0.481 e. The Kier molecular flexibility index (Phi) is 2.68. The van der Waals surface area contributed by atoms with Crippen molar-refractivity contribution in [2.45, 2.75) is 5.92 Å². The number of aliphatic carboxylic acids is 1. The molecule has 2 heterocycles. The molecule has 1 aromatic rings. The Morgan fingerprint density at radius 3 is 3.00 bits per heavy atom. The van der Waals surface area contributed by atoms with E-state index in [-0.39, 0.29) is 11.8 Å². The van der Waals surface area contributed by atoms with Crippen LogP contribution in [0.3, 0.4) is 0 Å². The molecule has 0 unspecified atom stereocenters. The SMILES string of the molecule is CN1C[C@H](C(=O)O)[C@@H](c2cccnc2)C1. The van der Waals surface area contributed by atoms with Gasteiger partial charge in [0, 0.05) is 31.4 Å². The van der Waals surface area contributed by atoms with Gasteiger partial charge in [0.05, 0.1) is 5.92 Å². The number of likely N-dealkylation sites (N-methyl/N-ethyl adjacent to an activating group) is 1. The molecule has 0 aliphatic carbocycles. The minimum atomic E-state index is -0.715. The summed E-state index contributed by atoms with van der Waals surface area (Å²) >= 11 is 0. The Hall–Kier alpha value is -1.42. The van der Waals surface area contributed by atoms with Gasteiger partial charge in [0.1, 0.15) is 0 Å². The highest BCUT2D eigenvalue weighted by atomic mass is 16.4. The first-order valence-electron chi connectivity index (χ1n) is 4.99. The van der Waals surface area contributed by atoms with Crippen LogP contribution in [0.2, 0.25) is 0 Å². The van der Waals surface area contributed by atoms with Gasteiger partial charge in [0.15, 0.2) is 0 Å². The first-order chi connectivity index (χ1) is 7.18. The van der Waals surface area contributed by atoms with Crippen molar-refractivity contribution in [2.75, 3.05) is 20.1 Å². The molecule has 0 aromatic carbocycles. The minimum absolute atomic E-state index is 0.0706. The molecule has 1 N–H and O–H groups in total. The molecule has 0 amide bonds. The summed E-state index contributed by atoms with van der Waals surface area (Å²) in [4.78, 5) is 17.2. The van der Waals surface area contributed by atoms with Crippen LogP contribution >= 0.6 is 0 Å². The molecule has 0 saturated carbocycles. The number of nitrogens with zero attached hydrogens (tertiary/aromatic N) is 2. The molecule has 0 bridgehead atoms. The average molecular weight is 206 g/mol. The summed E-state index contributed by atoms with van der Waals surface area (Å²) in [5.41, 5.74) is 1.02. The van der Waals surface area contributed by atoms with Crippen LogP contribution in [0.5, 0.6) is 0 Å². The lowest BCUT2D eigenvalue weighted by atomic mass is 9.90. The highest BCUT2D eigenvalue weighted by molar-refractivity contribution is 5.72. The molecule has 1 aliphatic heterocycles. The van der Waals surface area contributed by atoms with Gasteiger partial charge in [-0.15, -0.1) is 0 Å². The van der Waals surface area contributed by atoms with Gasteiger partial charge >= 0.3 is 5.97 Å². The van der Waals surface area contributed by atoms with Crippen LogP contribution in [-0.2, 0) is 4.79 Å². The van der Waals surface area contributed by atoms with Crippen molar-refractivity contribution < 1.29 is 9.90 Å². The van der Waals surface area contributed by atoms with Crippen molar-refractivity contribution in [3.63, 3.8) is 0 Å². The molecule has 2 atom stereocenters. The lowest BCUT2D eigenvalue weighted by Crippen LogP contribution is -2.21. The fraction of sp³-hybridized carbons (Fsp3) is 0.455. The van der Waals surface area contributed by atoms with Gasteiger partial charge < -0.3 is 10.0 Å². The van der Waals surface area contributed by atoms with Crippen LogP contribution in [0.15, 0.2) is 24.5 Å². The van der Waals surface area contributed by atoms with Gasteiger partial charge in [-0.2, -0.15) is 0 Å². The predicted octanol–water partition coefficient (Wildman–Crippen LogP) is 0.811. The summed E-state index contributed by atoms with van der Waals surface area (Å²) in [6.45, 7) is 1.41. The van der Waals surface area contributed by atoms with E-state index in [4.69, 9.17) is 5.11 Å².